The van der Waals surface area contributed by atoms with E-state index in [0.29, 0.717) is 15.7 Å². The van der Waals surface area contributed by atoms with Crippen molar-refractivity contribution in [2.24, 2.45) is 5.92 Å². The average Bonchev–Trinajstić information content (AvgIpc) is 2.88. The summed E-state index contributed by atoms with van der Waals surface area (Å²) in [4.78, 5) is 12.5. The van der Waals surface area contributed by atoms with E-state index in [1.807, 2.05) is 12.2 Å². The fourth-order valence-corrected chi connectivity index (χ4v) is 3.25. The Bertz CT molecular complexity index is 659. The Morgan fingerprint density at radius 3 is 3.00 bits per heavy atom. The van der Waals surface area contributed by atoms with Crippen LogP contribution in [0.2, 0.25) is 10.0 Å². The lowest BCUT2D eigenvalue weighted by Gasteiger charge is -2.19. The van der Waals surface area contributed by atoms with Gasteiger partial charge in [-0.1, -0.05) is 35.4 Å². The van der Waals surface area contributed by atoms with Crippen molar-refractivity contribution < 1.29 is 4.79 Å². The maximum absolute atomic E-state index is 12.5. The zero-order chi connectivity index (χ0) is 16.2. The van der Waals surface area contributed by atoms with Crippen molar-refractivity contribution in [2.45, 2.75) is 25.3 Å². The summed E-state index contributed by atoms with van der Waals surface area (Å²) in [6.07, 6.45) is 9.24. The average molecular weight is 353 g/mol. The number of halogens is 2. The van der Waals surface area contributed by atoms with Crippen LogP contribution in [0.4, 0.5) is 5.69 Å². The molecule has 2 aliphatic rings. The number of benzene rings is 1. The predicted molar refractivity (Wildman–Crippen MR) is 92.9 cm³/mol. The van der Waals surface area contributed by atoms with Gasteiger partial charge in [-0.2, -0.15) is 0 Å². The monoisotopic (exact) mass is 352 g/mol. The van der Waals surface area contributed by atoms with Crippen LogP contribution >= 0.6 is 23.2 Å². The summed E-state index contributed by atoms with van der Waals surface area (Å²) in [6, 6.07) is 4.72. The summed E-state index contributed by atoms with van der Waals surface area (Å²) >= 11 is 11.9. The molecule has 122 valence electrons. The molecule has 2 atom stereocenters. The molecule has 0 saturated carbocycles. The number of nitrogens with one attached hydrogen (secondary N) is 4. The number of hydrazine groups is 2. The number of fused-ring (bicyclic) bond motifs is 1. The van der Waals surface area contributed by atoms with Gasteiger partial charge in [-0.25, -0.2) is 5.43 Å². The maximum atomic E-state index is 12.5. The normalized spacial score (nSPS) is 23.1. The number of allylic oxidation sites excluding steroid dienone is 3. The van der Waals surface area contributed by atoms with Gasteiger partial charge in [-0.3, -0.25) is 15.6 Å². The largest absolute Gasteiger partial charge is 0.324 e. The number of rotatable bonds is 3. The Morgan fingerprint density at radius 1 is 1.30 bits per heavy atom. The predicted octanol–water partition coefficient (Wildman–Crippen LogP) is 3.15. The molecule has 7 heteroatoms. The first-order valence-corrected chi connectivity index (χ1v) is 8.30. The molecule has 5 nitrogen and oxygen atoms in total. The summed E-state index contributed by atoms with van der Waals surface area (Å²) in [5.74, 6) is 0.00362. The van der Waals surface area contributed by atoms with E-state index in [4.69, 9.17) is 23.2 Å². The Labute approximate surface area is 145 Å². The van der Waals surface area contributed by atoms with E-state index < -0.39 is 0 Å². The molecule has 1 heterocycles. The SMILES string of the molecule is O=C(NNc1ccc(Cl)cc1Cl)C1NNC2=CC=CCCCC21. The van der Waals surface area contributed by atoms with Crippen LogP contribution in [-0.2, 0) is 4.79 Å². The highest BCUT2D eigenvalue weighted by atomic mass is 35.5. The lowest BCUT2D eigenvalue weighted by atomic mass is 9.90. The first-order chi connectivity index (χ1) is 11.1. The summed E-state index contributed by atoms with van der Waals surface area (Å²) in [5.41, 5.74) is 13.4. The second kappa shape index (κ2) is 7.25. The van der Waals surface area contributed by atoms with E-state index in [-0.39, 0.29) is 17.9 Å². The van der Waals surface area contributed by atoms with Crippen molar-refractivity contribution in [2.75, 3.05) is 5.43 Å². The minimum atomic E-state index is -0.327. The highest BCUT2D eigenvalue weighted by Gasteiger charge is 2.36. The first-order valence-electron chi connectivity index (χ1n) is 7.54. The molecule has 23 heavy (non-hydrogen) atoms. The van der Waals surface area contributed by atoms with Gasteiger partial charge in [0.2, 0.25) is 0 Å². The zero-order valence-electron chi connectivity index (χ0n) is 12.4. The number of hydrogen-bond donors (Lipinski definition) is 4. The van der Waals surface area contributed by atoms with E-state index in [0.717, 1.165) is 25.0 Å². The molecule has 3 rings (SSSR count). The van der Waals surface area contributed by atoms with Crippen LogP contribution in [0.5, 0.6) is 0 Å². The minimum absolute atomic E-state index is 0.138. The first kappa shape index (κ1) is 16.2. The molecule has 2 unspecified atom stereocenters. The molecule has 1 saturated heterocycles. The van der Waals surface area contributed by atoms with E-state index in [2.05, 4.69) is 27.8 Å². The number of carbonyl (C=O) groups is 1. The Morgan fingerprint density at radius 2 is 2.17 bits per heavy atom. The van der Waals surface area contributed by atoms with Gasteiger partial charge in [0.15, 0.2) is 0 Å². The van der Waals surface area contributed by atoms with E-state index in [1.165, 1.54) is 0 Å². The van der Waals surface area contributed by atoms with Crippen LogP contribution in [0.3, 0.4) is 0 Å². The van der Waals surface area contributed by atoms with Gasteiger partial charge in [-0.05, 0) is 43.5 Å². The molecule has 0 radical (unpaired) electrons. The maximum Gasteiger partial charge on any atom is 0.257 e. The quantitative estimate of drug-likeness (QED) is 0.631. The van der Waals surface area contributed by atoms with Crippen LogP contribution in [0.1, 0.15) is 19.3 Å². The molecular weight excluding hydrogens is 335 g/mol. The van der Waals surface area contributed by atoms with Gasteiger partial charge < -0.3 is 5.43 Å². The molecule has 1 aliphatic heterocycles. The van der Waals surface area contributed by atoms with Crippen molar-refractivity contribution in [3.05, 3.63) is 52.2 Å². The van der Waals surface area contributed by atoms with Crippen molar-refractivity contribution in [1.29, 1.82) is 0 Å². The van der Waals surface area contributed by atoms with E-state index >= 15 is 0 Å². The van der Waals surface area contributed by atoms with Gasteiger partial charge in [-0.15, -0.1) is 0 Å². The highest BCUT2D eigenvalue weighted by molar-refractivity contribution is 6.36. The van der Waals surface area contributed by atoms with Crippen molar-refractivity contribution in [3.8, 4) is 0 Å². The fraction of sp³-hybridized carbons (Fsp3) is 0.312. The van der Waals surface area contributed by atoms with Crippen LogP contribution < -0.4 is 21.7 Å². The van der Waals surface area contributed by atoms with Gasteiger partial charge in [0.25, 0.3) is 5.91 Å². The smallest absolute Gasteiger partial charge is 0.257 e. The van der Waals surface area contributed by atoms with Gasteiger partial charge >= 0.3 is 0 Å². The molecule has 1 fully saturated rings. The number of hydrogen-bond acceptors (Lipinski definition) is 4. The van der Waals surface area contributed by atoms with Gasteiger partial charge in [0.05, 0.1) is 10.7 Å². The molecule has 4 N–H and O–H groups in total. The van der Waals surface area contributed by atoms with Crippen molar-refractivity contribution >= 4 is 34.8 Å². The molecule has 1 aromatic carbocycles. The zero-order valence-corrected chi connectivity index (χ0v) is 13.9. The highest BCUT2D eigenvalue weighted by Crippen LogP contribution is 2.27. The summed E-state index contributed by atoms with van der Waals surface area (Å²) in [6.45, 7) is 0. The molecule has 0 aromatic heterocycles. The molecule has 1 amide bonds. The van der Waals surface area contributed by atoms with Crippen LogP contribution in [-0.4, -0.2) is 11.9 Å². The lowest BCUT2D eigenvalue weighted by Crippen LogP contribution is -2.47. The van der Waals surface area contributed by atoms with Gasteiger partial charge in [0.1, 0.15) is 6.04 Å². The lowest BCUT2D eigenvalue weighted by molar-refractivity contribution is -0.123. The fourth-order valence-electron chi connectivity index (χ4n) is 2.79. The van der Waals surface area contributed by atoms with Crippen LogP contribution in [0.15, 0.2) is 42.1 Å². The van der Waals surface area contributed by atoms with Crippen LogP contribution in [0.25, 0.3) is 0 Å². The van der Waals surface area contributed by atoms with Crippen molar-refractivity contribution in [3.63, 3.8) is 0 Å². The van der Waals surface area contributed by atoms with E-state index in [1.54, 1.807) is 18.2 Å². The molecular formula is C16H18Cl2N4O. The molecule has 0 bridgehead atoms. The Balaban J connectivity index is 1.64. The summed E-state index contributed by atoms with van der Waals surface area (Å²) in [7, 11) is 0. The summed E-state index contributed by atoms with van der Waals surface area (Å²) < 4.78 is 0. The second-order valence-electron chi connectivity index (χ2n) is 5.57. The molecule has 0 spiro atoms. The topological polar surface area (TPSA) is 65.2 Å². The minimum Gasteiger partial charge on any atom is -0.324 e. The second-order valence-corrected chi connectivity index (χ2v) is 6.42. The standard InChI is InChI=1S/C16H18Cl2N4O/c17-10-7-8-14(12(18)9-10)20-22-16(23)15-11-5-3-1-2-4-6-13(11)19-21-15/h2,4,6-9,11,15,19-21H,1,3,5H2,(H,22,23). The Hall–Kier alpha value is -1.69. The third-order valence-electron chi connectivity index (χ3n) is 4.01. The third-order valence-corrected chi connectivity index (χ3v) is 4.55. The number of amides is 1. The van der Waals surface area contributed by atoms with Crippen LogP contribution in [0, 0.1) is 5.92 Å². The van der Waals surface area contributed by atoms with E-state index in [9.17, 15) is 4.79 Å². The number of anilines is 1. The third kappa shape index (κ3) is 3.80. The molecule has 1 aliphatic carbocycles. The Kier molecular flexibility index (Phi) is 5.10. The number of carbonyl (C=O) groups excluding carboxylic acids is 1. The van der Waals surface area contributed by atoms with Gasteiger partial charge in [0, 0.05) is 16.6 Å². The molecule has 1 aromatic rings. The summed E-state index contributed by atoms with van der Waals surface area (Å²) in [5, 5.41) is 0.998. The van der Waals surface area contributed by atoms with Crippen molar-refractivity contribution in [1.82, 2.24) is 16.3 Å².